The number of sulfone groups is 1. The van der Waals surface area contributed by atoms with Crippen molar-refractivity contribution < 1.29 is 8.42 Å². The maximum atomic E-state index is 11.6. The van der Waals surface area contributed by atoms with E-state index in [-0.39, 0.29) is 4.90 Å². The van der Waals surface area contributed by atoms with Crippen LogP contribution in [0.15, 0.2) is 35.5 Å². The number of nitrogens with zero attached hydrogens (tertiary/aromatic N) is 3. The Kier molecular flexibility index (Phi) is 2.51. The van der Waals surface area contributed by atoms with Crippen molar-refractivity contribution in [3.05, 3.63) is 30.6 Å². The molecule has 16 heavy (non-hydrogen) atoms. The van der Waals surface area contributed by atoms with Gasteiger partial charge in [0.05, 0.1) is 4.90 Å². The van der Waals surface area contributed by atoms with Crippen LogP contribution in [0.3, 0.4) is 0 Å². The third kappa shape index (κ3) is 1.96. The summed E-state index contributed by atoms with van der Waals surface area (Å²) in [5.74, 6) is 0.420. The van der Waals surface area contributed by atoms with Crippen molar-refractivity contribution in [3.8, 4) is 11.4 Å². The van der Waals surface area contributed by atoms with Crippen LogP contribution >= 0.6 is 0 Å². The number of aryl methyl sites for hydroxylation is 1. The lowest BCUT2D eigenvalue weighted by Crippen LogP contribution is -2.00. The summed E-state index contributed by atoms with van der Waals surface area (Å²) in [5.41, 5.74) is 0.533. The van der Waals surface area contributed by atoms with E-state index in [2.05, 4.69) is 10.1 Å². The molecule has 0 aliphatic carbocycles. The zero-order chi connectivity index (χ0) is 11.8. The average molecular weight is 237 g/mol. The maximum absolute atomic E-state index is 11.6. The summed E-state index contributed by atoms with van der Waals surface area (Å²) < 4.78 is 24.7. The number of benzene rings is 1. The average Bonchev–Trinajstić information content (AvgIpc) is 2.64. The molecule has 0 aliphatic rings. The lowest BCUT2D eigenvalue weighted by atomic mass is 10.2. The SMILES string of the molecule is Cn1cnc(-c2ccccc2S(C)(=O)=O)n1. The van der Waals surface area contributed by atoms with Crippen LogP contribution in [-0.2, 0) is 16.9 Å². The molecule has 6 heteroatoms. The van der Waals surface area contributed by atoms with E-state index in [4.69, 9.17) is 0 Å². The first-order valence-corrected chi connectivity index (χ1v) is 6.53. The summed E-state index contributed by atoms with van der Waals surface area (Å²) in [4.78, 5) is 4.30. The second-order valence-electron chi connectivity index (χ2n) is 3.51. The van der Waals surface area contributed by atoms with Gasteiger partial charge < -0.3 is 0 Å². The van der Waals surface area contributed by atoms with Crippen LogP contribution in [0.1, 0.15) is 0 Å². The van der Waals surface area contributed by atoms with E-state index in [1.165, 1.54) is 17.3 Å². The number of hydrogen-bond acceptors (Lipinski definition) is 4. The molecule has 0 unspecified atom stereocenters. The number of hydrogen-bond donors (Lipinski definition) is 0. The topological polar surface area (TPSA) is 64.8 Å². The molecule has 0 amide bonds. The normalized spacial score (nSPS) is 11.6. The second kappa shape index (κ2) is 3.71. The highest BCUT2D eigenvalue weighted by Gasteiger charge is 2.16. The molecular weight excluding hydrogens is 226 g/mol. The maximum Gasteiger partial charge on any atom is 0.182 e. The molecular formula is C10H11N3O2S. The van der Waals surface area contributed by atoms with E-state index in [0.29, 0.717) is 11.4 Å². The molecule has 0 bridgehead atoms. The van der Waals surface area contributed by atoms with Crippen LogP contribution in [0.25, 0.3) is 11.4 Å². The first kappa shape index (κ1) is 10.8. The monoisotopic (exact) mass is 237 g/mol. The lowest BCUT2D eigenvalue weighted by molar-refractivity contribution is 0.602. The van der Waals surface area contributed by atoms with Crippen molar-refractivity contribution in [1.29, 1.82) is 0 Å². The van der Waals surface area contributed by atoms with E-state index in [1.54, 1.807) is 31.3 Å². The van der Waals surface area contributed by atoms with E-state index >= 15 is 0 Å². The van der Waals surface area contributed by atoms with Crippen molar-refractivity contribution in [2.24, 2.45) is 7.05 Å². The largest absolute Gasteiger partial charge is 0.255 e. The fourth-order valence-corrected chi connectivity index (χ4v) is 2.32. The van der Waals surface area contributed by atoms with Crippen molar-refractivity contribution in [2.75, 3.05) is 6.26 Å². The number of rotatable bonds is 2. The van der Waals surface area contributed by atoms with E-state index in [0.717, 1.165) is 0 Å². The van der Waals surface area contributed by atoms with Crippen molar-refractivity contribution in [3.63, 3.8) is 0 Å². The fourth-order valence-electron chi connectivity index (χ4n) is 1.44. The number of aromatic nitrogens is 3. The van der Waals surface area contributed by atoms with Crippen LogP contribution in [-0.4, -0.2) is 29.4 Å². The van der Waals surface area contributed by atoms with Gasteiger partial charge in [0.15, 0.2) is 15.7 Å². The summed E-state index contributed by atoms with van der Waals surface area (Å²) in [6, 6.07) is 6.70. The molecule has 0 spiro atoms. The summed E-state index contributed by atoms with van der Waals surface area (Å²) in [6.07, 6.45) is 2.71. The van der Waals surface area contributed by atoms with Gasteiger partial charge >= 0.3 is 0 Å². The van der Waals surface area contributed by atoms with Crippen LogP contribution in [0.2, 0.25) is 0 Å². The third-order valence-electron chi connectivity index (χ3n) is 2.13. The molecule has 0 atom stereocenters. The van der Waals surface area contributed by atoms with E-state index < -0.39 is 9.84 Å². The highest BCUT2D eigenvalue weighted by atomic mass is 32.2. The van der Waals surface area contributed by atoms with Gasteiger partial charge in [-0.05, 0) is 12.1 Å². The van der Waals surface area contributed by atoms with Crippen molar-refractivity contribution in [2.45, 2.75) is 4.90 Å². The zero-order valence-electron chi connectivity index (χ0n) is 8.95. The Morgan fingerprint density at radius 2 is 1.94 bits per heavy atom. The Hall–Kier alpha value is -1.69. The molecule has 0 N–H and O–H groups in total. The molecule has 0 saturated heterocycles. The summed E-state index contributed by atoms with van der Waals surface area (Å²) in [6.45, 7) is 0. The summed E-state index contributed by atoms with van der Waals surface area (Å²) in [7, 11) is -1.53. The predicted molar refractivity (Wildman–Crippen MR) is 59.5 cm³/mol. The molecule has 1 aromatic heterocycles. The summed E-state index contributed by atoms with van der Waals surface area (Å²) >= 11 is 0. The molecule has 0 saturated carbocycles. The Morgan fingerprint density at radius 3 is 2.50 bits per heavy atom. The van der Waals surface area contributed by atoms with Gasteiger partial charge in [-0.2, -0.15) is 5.10 Å². The van der Waals surface area contributed by atoms with Gasteiger partial charge in [-0.1, -0.05) is 12.1 Å². The molecule has 84 valence electrons. The van der Waals surface area contributed by atoms with Crippen molar-refractivity contribution in [1.82, 2.24) is 14.8 Å². The second-order valence-corrected chi connectivity index (χ2v) is 5.49. The summed E-state index contributed by atoms with van der Waals surface area (Å²) in [5, 5.41) is 4.10. The van der Waals surface area contributed by atoms with Crippen molar-refractivity contribution >= 4 is 9.84 Å². The first-order valence-electron chi connectivity index (χ1n) is 4.63. The van der Waals surface area contributed by atoms with Gasteiger partial charge in [0.1, 0.15) is 6.33 Å². The predicted octanol–water partition coefficient (Wildman–Crippen LogP) is 0.886. The first-order chi connectivity index (χ1) is 7.48. The van der Waals surface area contributed by atoms with Gasteiger partial charge in [0, 0.05) is 18.9 Å². The highest BCUT2D eigenvalue weighted by molar-refractivity contribution is 7.90. The molecule has 5 nitrogen and oxygen atoms in total. The minimum absolute atomic E-state index is 0.251. The molecule has 0 aliphatic heterocycles. The minimum atomic E-state index is -3.26. The Balaban J connectivity index is 2.66. The Bertz CT molecular complexity index is 616. The molecule has 1 aromatic carbocycles. The van der Waals surface area contributed by atoms with Gasteiger partial charge in [0.2, 0.25) is 0 Å². The minimum Gasteiger partial charge on any atom is -0.255 e. The molecule has 1 heterocycles. The molecule has 0 fully saturated rings. The van der Waals surface area contributed by atoms with E-state index in [1.807, 2.05) is 0 Å². The van der Waals surface area contributed by atoms with Gasteiger partial charge in [-0.25, -0.2) is 13.4 Å². The van der Waals surface area contributed by atoms with Gasteiger partial charge in [-0.3, -0.25) is 4.68 Å². The molecule has 2 rings (SSSR count). The molecule has 0 radical (unpaired) electrons. The van der Waals surface area contributed by atoms with Crippen LogP contribution in [0.4, 0.5) is 0 Å². The fraction of sp³-hybridized carbons (Fsp3) is 0.200. The van der Waals surface area contributed by atoms with Crippen LogP contribution < -0.4 is 0 Å². The Labute approximate surface area is 93.7 Å². The van der Waals surface area contributed by atoms with Crippen LogP contribution in [0.5, 0.6) is 0 Å². The Morgan fingerprint density at radius 1 is 1.25 bits per heavy atom. The molecule has 2 aromatic rings. The van der Waals surface area contributed by atoms with E-state index in [9.17, 15) is 8.42 Å². The van der Waals surface area contributed by atoms with Gasteiger partial charge in [-0.15, -0.1) is 0 Å². The zero-order valence-corrected chi connectivity index (χ0v) is 9.77. The standard InChI is InChI=1S/C10H11N3O2S/c1-13-7-11-10(12-13)8-5-3-4-6-9(8)16(2,14)15/h3-7H,1-2H3. The smallest absolute Gasteiger partial charge is 0.182 e. The third-order valence-corrected chi connectivity index (χ3v) is 3.28. The quantitative estimate of drug-likeness (QED) is 0.778. The van der Waals surface area contributed by atoms with Crippen LogP contribution in [0, 0.1) is 0 Å². The highest BCUT2D eigenvalue weighted by Crippen LogP contribution is 2.23. The van der Waals surface area contributed by atoms with Gasteiger partial charge in [0.25, 0.3) is 0 Å². The lowest BCUT2D eigenvalue weighted by Gasteiger charge is -2.03.